The Labute approximate surface area is 418 Å². The molecule has 6 nitrogen and oxygen atoms in total. The van der Waals surface area contributed by atoms with Gasteiger partial charge in [0.05, 0.1) is 0 Å². The lowest BCUT2D eigenvalue weighted by Gasteiger charge is -2.14. The molecule has 72 heavy (non-hydrogen) atoms. The Morgan fingerprint density at radius 1 is 0.139 bits per heavy atom. The summed E-state index contributed by atoms with van der Waals surface area (Å²) in [5, 5.41) is 0. The lowest BCUT2D eigenvalue weighted by atomic mass is 9.96. The molecule has 2 aromatic heterocycles. The molecule has 12 rings (SSSR count). The predicted octanol–water partition coefficient (Wildman–Crippen LogP) is 16.4. The van der Waals surface area contributed by atoms with Crippen LogP contribution in [0.1, 0.15) is 0 Å². The molecule has 0 amide bonds. The first-order chi connectivity index (χ1) is 35.7. The molecule has 0 aliphatic heterocycles. The Balaban J connectivity index is 0.933. The standard InChI is InChI=1S/C66H44N6/c1-5-22-45(23-6-1)55-36-13-16-39-58(55)64-68-61(48-28-11-4-12-29-48)67-62(69-64)53-34-20-32-51(43-53)49-30-19-31-50(42-49)52-33-21-35-54(44-52)63-70-65(59-40-17-14-37-56(59)46-24-7-2-8-25-46)72-66(71-63)60-41-18-15-38-57(60)47-26-9-3-10-27-47/h1-44H. The maximum absolute atomic E-state index is 5.26. The molecule has 0 aliphatic carbocycles. The monoisotopic (exact) mass is 920 g/mol. The van der Waals surface area contributed by atoms with E-state index < -0.39 is 0 Å². The summed E-state index contributed by atoms with van der Waals surface area (Å²) in [5.74, 6) is 3.62. The van der Waals surface area contributed by atoms with Gasteiger partial charge in [0.1, 0.15) is 0 Å². The number of benzene rings is 10. The van der Waals surface area contributed by atoms with E-state index in [1.807, 2.05) is 66.7 Å². The van der Waals surface area contributed by atoms with Gasteiger partial charge in [-0.1, -0.05) is 249 Å². The van der Waals surface area contributed by atoms with E-state index in [1.54, 1.807) is 0 Å². The van der Waals surface area contributed by atoms with Gasteiger partial charge >= 0.3 is 0 Å². The first-order valence-corrected chi connectivity index (χ1v) is 24.0. The molecule has 0 fully saturated rings. The van der Waals surface area contributed by atoms with Crippen molar-refractivity contribution in [3.05, 3.63) is 267 Å². The van der Waals surface area contributed by atoms with Crippen molar-refractivity contribution in [3.63, 3.8) is 0 Å². The Bertz CT molecular complexity index is 3760. The summed E-state index contributed by atoms with van der Waals surface area (Å²) in [4.78, 5) is 31.1. The molecule has 0 N–H and O–H groups in total. The fourth-order valence-corrected chi connectivity index (χ4v) is 9.28. The lowest BCUT2D eigenvalue weighted by molar-refractivity contribution is 1.07. The van der Waals surface area contributed by atoms with Gasteiger partial charge in [-0.05, 0) is 73.8 Å². The lowest BCUT2D eigenvalue weighted by Crippen LogP contribution is -2.02. The third kappa shape index (κ3) is 9.00. The van der Waals surface area contributed by atoms with Crippen LogP contribution in [-0.4, -0.2) is 29.9 Å². The number of aromatic nitrogens is 6. The van der Waals surface area contributed by atoms with Crippen LogP contribution in [0.25, 0.3) is 124 Å². The second-order valence-corrected chi connectivity index (χ2v) is 17.5. The van der Waals surface area contributed by atoms with Gasteiger partial charge in [-0.25, -0.2) is 29.9 Å². The van der Waals surface area contributed by atoms with Crippen molar-refractivity contribution in [2.24, 2.45) is 0 Å². The number of hydrogen-bond donors (Lipinski definition) is 0. The van der Waals surface area contributed by atoms with E-state index in [4.69, 9.17) is 29.9 Å². The molecule has 338 valence electrons. The molecular formula is C66H44N6. The Morgan fingerprint density at radius 2 is 0.347 bits per heavy atom. The van der Waals surface area contributed by atoms with Crippen molar-refractivity contribution >= 4 is 0 Å². The molecule has 12 aromatic rings. The van der Waals surface area contributed by atoms with E-state index in [0.29, 0.717) is 34.9 Å². The van der Waals surface area contributed by atoms with Gasteiger partial charge in [0, 0.05) is 33.4 Å². The van der Waals surface area contributed by atoms with Gasteiger partial charge in [0.25, 0.3) is 0 Å². The highest BCUT2D eigenvalue weighted by atomic mass is 15.0. The maximum Gasteiger partial charge on any atom is 0.164 e. The van der Waals surface area contributed by atoms with E-state index >= 15 is 0 Å². The molecule has 0 saturated heterocycles. The van der Waals surface area contributed by atoms with Crippen LogP contribution < -0.4 is 0 Å². The molecule has 0 atom stereocenters. The first-order valence-electron chi connectivity index (χ1n) is 24.0. The molecule has 2 heterocycles. The van der Waals surface area contributed by atoms with Crippen molar-refractivity contribution in [3.8, 4) is 124 Å². The van der Waals surface area contributed by atoms with Crippen LogP contribution in [-0.2, 0) is 0 Å². The second kappa shape index (κ2) is 19.7. The Hall–Kier alpha value is -9.78. The minimum atomic E-state index is 0.587. The normalized spacial score (nSPS) is 11.1. The molecule has 0 bridgehead atoms. The van der Waals surface area contributed by atoms with Crippen LogP contribution in [0.3, 0.4) is 0 Å². The minimum absolute atomic E-state index is 0.587. The fourth-order valence-electron chi connectivity index (χ4n) is 9.28. The molecule has 0 unspecified atom stereocenters. The van der Waals surface area contributed by atoms with Gasteiger partial charge in [-0.2, -0.15) is 0 Å². The summed E-state index contributed by atoms with van der Waals surface area (Å²) in [5.41, 5.74) is 16.1. The van der Waals surface area contributed by atoms with E-state index in [0.717, 1.165) is 89.0 Å². The molecule has 0 radical (unpaired) electrons. The highest BCUT2D eigenvalue weighted by Gasteiger charge is 2.20. The zero-order valence-electron chi connectivity index (χ0n) is 39.1. The molecule has 0 spiro atoms. The van der Waals surface area contributed by atoms with Crippen LogP contribution >= 0.6 is 0 Å². The van der Waals surface area contributed by atoms with Crippen molar-refractivity contribution in [2.75, 3.05) is 0 Å². The topological polar surface area (TPSA) is 77.3 Å². The van der Waals surface area contributed by atoms with Crippen molar-refractivity contribution in [1.82, 2.24) is 29.9 Å². The smallest absolute Gasteiger partial charge is 0.164 e. The molecule has 10 aromatic carbocycles. The predicted molar refractivity (Wildman–Crippen MR) is 293 cm³/mol. The zero-order valence-corrected chi connectivity index (χ0v) is 39.1. The summed E-state index contributed by atoms with van der Waals surface area (Å²) < 4.78 is 0. The van der Waals surface area contributed by atoms with E-state index in [-0.39, 0.29) is 0 Å². The van der Waals surface area contributed by atoms with E-state index in [2.05, 4.69) is 200 Å². The number of rotatable bonds is 11. The van der Waals surface area contributed by atoms with E-state index in [1.165, 1.54) is 0 Å². The van der Waals surface area contributed by atoms with Crippen molar-refractivity contribution in [2.45, 2.75) is 0 Å². The van der Waals surface area contributed by atoms with Crippen molar-refractivity contribution in [1.29, 1.82) is 0 Å². The third-order valence-corrected chi connectivity index (χ3v) is 12.8. The average molecular weight is 921 g/mol. The molecular weight excluding hydrogens is 877 g/mol. The largest absolute Gasteiger partial charge is 0.208 e. The average Bonchev–Trinajstić information content (AvgIpc) is 3.48. The van der Waals surface area contributed by atoms with Crippen LogP contribution in [0.5, 0.6) is 0 Å². The van der Waals surface area contributed by atoms with Gasteiger partial charge in [-0.3, -0.25) is 0 Å². The van der Waals surface area contributed by atoms with Gasteiger partial charge in [0.2, 0.25) is 0 Å². The summed E-state index contributed by atoms with van der Waals surface area (Å²) >= 11 is 0. The third-order valence-electron chi connectivity index (χ3n) is 12.8. The van der Waals surface area contributed by atoms with Gasteiger partial charge < -0.3 is 0 Å². The minimum Gasteiger partial charge on any atom is -0.208 e. The Morgan fingerprint density at radius 3 is 0.681 bits per heavy atom. The van der Waals surface area contributed by atoms with Crippen molar-refractivity contribution < 1.29 is 0 Å². The SMILES string of the molecule is c1ccc(-c2nc(-c3cccc(-c4cccc(-c5cccc(-c6nc(-c7ccccc7-c7ccccc7)nc(-c7ccccc7-c7ccccc7)n6)c5)c4)c3)nc(-c3ccccc3-c3ccccc3)n2)cc1. The van der Waals surface area contributed by atoms with Crippen LogP contribution in [0.4, 0.5) is 0 Å². The number of hydrogen-bond acceptors (Lipinski definition) is 6. The van der Waals surface area contributed by atoms with E-state index in [9.17, 15) is 0 Å². The Kier molecular flexibility index (Phi) is 11.9. The second-order valence-electron chi connectivity index (χ2n) is 17.5. The van der Waals surface area contributed by atoms with Crippen LogP contribution in [0.15, 0.2) is 267 Å². The van der Waals surface area contributed by atoms with Gasteiger partial charge in [0.15, 0.2) is 34.9 Å². The highest BCUT2D eigenvalue weighted by Crippen LogP contribution is 2.38. The number of nitrogens with zero attached hydrogens (tertiary/aromatic N) is 6. The van der Waals surface area contributed by atoms with Crippen LogP contribution in [0, 0.1) is 0 Å². The quantitative estimate of drug-likeness (QED) is 0.129. The molecule has 0 saturated carbocycles. The maximum atomic E-state index is 5.26. The fraction of sp³-hybridized carbons (Fsp3) is 0. The first kappa shape index (κ1) is 43.5. The summed E-state index contributed by atoms with van der Waals surface area (Å²) in [6.45, 7) is 0. The summed E-state index contributed by atoms with van der Waals surface area (Å²) in [6.07, 6.45) is 0. The highest BCUT2D eigenvalue weighted by molar-refractivity contribution is 5.86. The van der Waals surface area contributed by atoms with Crippen LogP contribution in [0.2, 0.25) is 0 Å². The summed E-state index contributed by atoms with van der Waals surface area (Å²) in [7, 11) is 0. The zero-order chi connectivity index (χ0) is 48.1. The summed E-state index contributed by atoms with van der Waals surface area (Å²) in [6, 6.07) is 91.8. The molecule has 6 heteroatoms. The van der Waals surface area contributed by atoms with Gasteiger partial charge in [-0.15, -0.1) is 0 Å². The molecule has 0 aliphatic rings.